The van der Waals surface area contributed by atoms with Gasteiger partial charge in [0.1, 0.15) is 0 Å². The summed E-state index contributed by atoms with van der Waals surface area (Å²) in [6.07, 6.45) is 1.04. The highest BCUT2D eigenvalue weighted by Crippen LogP contribution is 2.39. The Labute approximate surface area is 177 Å². The zero-order valence-electron chi connectivity index (χ0n) is 17.8. The van der Waals surface area contributed by atoms with Crippen LogP contribution < -0.4 is 24.0 Å². The molecule has 0 spiro atoms. The molecule has 1 atom stereocenters. The number of fused-ring (bicyclic) bond motifs is 1. The normalized spacial score (nSPS) is 16.5. The first-order chi connectivity index (χ1) is 14.1. The number of sulfonamides is 1. The summed E-state index contributed by atoms with van der Waals surface area (Å²) in [7, 11) is 1.27. The van der Waals surface area contributed by atoms with Gasteiger partial charge in [-0.1, -0.05) is 19.1 Å². The number of nitrogens with one attached hydrogen (secondary N) is 1. The van der Waals surface area contributed by atoms with Crippen LogP contribution in [0.15, 0.2) is 36.4 Å². The summed E-state index contributed by atoms with van der Waals surface area (Å²) in [6.45, 7) is 3.44. The van der Waals surface area contributed by atoms with Crippen molar-refractivity contribution in [2.24, 2.45) is 5.92 Å². The molecule has 1 amide bonds. The standard InChI is InChI=1S/C21H27N3O5S/c1-14-12-23(2)17-8-6-7-9-18(17)24(13-14)21(25)15-10-16(22-30(5,26)27)20(29-4)19(11-15)28-3/h6-11,14,22H,12-13H2,1-5H3. The smallest absolute Gasteiger partial charge is 0.258 e. The Hall–Kier alpha value is -2.94. The summed E-state index contributed by atoms with van der Waals surface area (Å²) in [5.41, 5.74) is 2.22. The maximum absolute atomic E-state index is 13.6. The number of ether oxygens (including phenoxy) is 2. The number of anilines is 3. The molecule has 1 unspecified atom stereocenters. The van der Waals surface area contributed by atoms with Gasteiger partial charge in [0.2, 0.25) is 10.0 Å². The number of carbonyl (C=O) groups excluding carboxylic acids is 1. The van der Waals surface area contributed by atoms with E-state index in [9.17, 15) is 13.2 Å². The highest BCUT2D eigenvalue weighted by Gasteiger charge is 2.29. The molecule has 162 valence electrons. The van der Waals surface area contributed by atoms with Crippen molar-refractivity contribution in [2.45, 2.75) is 6.92 Å². The molecule has 1 heterocycles. The predicted molar refractivity (Wildman–Crippen MR) is 119 cm³/mol. The Morgan fingerprint density at radius 3 is 2.37 bits per heavy atom. The van der Waals surface area contributed by atoms with E-state index in [0.29, 0.717) is 12.1 Å². The van der Waals surface area contributed by atoms with Crippen molar-refractivity contribution in [1.82, 2.24) is 0 Å². The van der Waals surface area contributed by atoms with Gasteiger partial charge in [-0.3, -0.25) is 9.52 Å². The lowest BCUT2D eigenvalue weighted by Gasteiger charge is -2.25. The Kier molecular flexibility index (Phi) is 6.12. The summed E-state index contributed by atoms with van der Waals surface area (Å²) in [4.78, 5) is 17.5. The van der Waals surface area contributed by atoms with E-state index in [1.54, 1.807) is 11.0 Å². The maximum Gasteiger partial charge on any atom is 0.258 e. The highest BCUT2D eigenvalue weighted by atomic mass is 32.2. The molecule has 0 aliphatic carbocycles. The van der Waals surface area contributed by atoms with Crippen molar-refractivity contribution in [3.05, 3.63) is 42.0 Å². The summed E-state index contributed by atoms with van der Waals surface area (Å²) in [5, 5.41) is 0. The number of rotatable bonds is 5. The Balaban J connectivity index is 2.12. The zero-order chi connectivity index (χ0) is 22.1. The number of methoxy groups -OCH3 is 2. The summed E-state index contributed by atoms with van der Waals surface area (Å²) in [6, 6.07) is 10.8. The number of para-hydroxylation sites is 2. The van der Waals surface area contributed by atoms with Crippen LogP contribution in [0, 0.1) is 5.92 Å². The molecule has 3 rings (SSSR count). The van der Waals surface area contributed by atoms with Crippen molar-refractivity contribution in [3.8, 4) is 11.5 Å². The molecule has 0 fully saturated rings. The van der Waals surface area contributed by atoms with E-state index >= 15 is 0 Å². The number of benzene rings is 2. The van der Waals surface area contributed by atoms with Crippen molar-refractivity contribution >= 4 is 33.0 Å². The Morgan fingerprint density at radius 1 is 1.10 bits per heavy atom. The third-order valence-corrected chi connectivity index (χ3v) is 5.52. The van der Waals surface area contributed by atoms with Gasteiger partial charge in [-0.15, -0.1) is 0 Å². The number of amides is 1. The van der Waals surface area contributed by atoms with E-state index in [0.717, 1.165) is 24.2 Å². The largest absolute Gasteiger partial charge is 0.493 e. The summed E-state index contributed by atoms with van der Waals surface area (Å²) in [5.74, 6) is 0.467. The van der Waals surface area contributed by atoms with Gasteiger partial charge in [0.25, 0.3) is 5.91 Å². The number of carbonyl (C=O) groups is 1. The average Bonchev–Trinajstić information content (AvgIpc) is 2.81. The number of hydrogen-bond acceptors (Lipinski definition) is 6. The second-order valence-electron chi connectivity index (χ2n) is 7.52. The van der Waals surface area contributed by atoms with Gasteiger partial charge in [0.05, 0.1) is 37.5 Å². The minimum absolute atomic E-state index is 0.149. The van der Waals surface area contributed by atoms with Crippen LogP contribution >= 0.6 is 0 Å². The van der Waals surface area contributed by atoms with Gasteiger partial charge in [-0.25, -0.2) is 8.42 Å². The fourth-order valence-corrected chi connectivity index (χ4v) is 4.31. The van der Waals surface area contributed by atoms with Crippen molar-refractivity contribution < 1.29 is 22.7 Å². The average molecular weight is 434 g/mol. The van der Waals surface area contributed by atoms with Crippen LogP contribution in [-0.2, 0) is 10.0 Å². The van der Waals surface area contributed by atoms with Crippen LogP contribution in [0.3, 0.4) is 0 Å². The summed E-state index contributed by atoms with van der Waals surface area (Å²) >= 11 is 0. The molecule has 0 aromatic heterocycles. The van der Waals surface area contributed by atoms with Crippen LogP contribution in [-0.4, -0.2) is 54.9 Å². The molecule has 9 heteroatoms. The Morgan fingerprint density at radius 2 is 1.77 bits per heavy atom. The third-order valence-electron chi connectivity index (χ3n) is 4.93. The van der Waals surface area contributed by atoms with Gasteiger partial charge < -0.3 is 19.3 Å². The van der Waals surface area contributed by atoms with Gasteiger partial charge >= 0.3 is 0 Å². The lowest BCUT2D eigenvalue weighted by atomic mass is 10.1. The minimum Gasteiger partial charge on any atom is -0.493 e. The number of nitrogens with zero attached hydrogens (tertiary/aromatic N) is 2. The monoisotopic (exact) mass is 433 g/mol. The third kappa shape index (κ3) is 4.46. The lowest BCUT2D eigenvalue weighted by molar-refractivity contribution is 0.0984. The predicted octanol–water partition coefficient (Wildman–Crippen LogP) is 2.81. The molecule has 8 nitrogen and oxygen atoms in total. The second kappa shape index (κ2) is 8.43. The van der Waals surface area contributed by atoms with E-state index in [2.05, 4.69) is 16.5 Å². The van der Waals surface area contributed by atoms with Crippen molar-refractivity contribution in [2.75, 3.05) is 55.1 Å². The lowest BCUT2D eigenvalue weighted by Crippen LogP contribution is -2.35. The van der Waals surface area contributed by atoms with Crippen molar-refractivity contribution in [1.29, 1.82) is 0 Å². The molecule has 0 bridgehead atoms. The number of hydrogen-bond donors (Lipinski definition) is 1. The Bertz CT molecular complexity index is 1050. The van der Waals surface area contributed by atoms with Crippen LogP contribution in [0.25, 0.3) is 0 Å². The first-order valence-corrected chi connectivity index (χ1v) is 11.4. The van der Waals surface area contributed by atoms with E-state index in [1.807, 2.05) is 31.3 Å². The first kappa shape index (κ1) is 21.8. The molecule has 30 heavy (non-hydrogen) atoms. The molecule has 0 saturated carbocycles. The van der Waals surface area contributed by atoms with E-state index < -0.39 is 10.0 Å². The zero-order valence-corrected chi connectivity index (χ0v) is 18.6. The van der Waals surface area contributed by atoms with E-state index in [4.69, 9.17) is 9.47 Å². The van der Waals surface area contributed by atoms with Gasteiger partial charge in [-0.2, -0.15) is 0 Å². The fourth-order valence-electron chi connectivity index (χ4n) is 3.76. The van der Waals surface area contributed by atoms with Crippen LogP contribution in [0.4, 0.5) is 17.1 Å². The topological polar surface area (TPSA) is 88.2 Å². The molecule has 2 aromatic carbocycles. The molecule has 1 N–H and O–H groups in total. The minimum atomic E-state index is -3.59. The quantitative estimate of drug-likeness (QED) is 0.780. The van der Waals surface area contributed by atoms with Crippen LogP contribution in [0.2, 0.25) is 0 Å². The SMILES string of the molecule is COc1cc(C(=O)N2CC(C)CN(C)c3ccccc32)cc(NS(C)(=O)=O)c1OC. The molecular weight excluding hydrogens is 406 g/mol. The fraction of sp³-hybridized carbons (Fsp3) is 0.381. The van der Waals surface area contributed by atoms with Gasteiger partial charge in [0.15, 0.2) is 11.5 Å². The van der Waals surface area contributed by atoms with E-state index in [-0.39, 0.29) is 29.0 Å². The van der Waals surface area contributed by atoms with Gasteiger partial charge in [0, 0.05) is 25.7 Å². The molecule has 1 aliphatic rings. The molecule has 0 saturated heterocycles. The molecule has 2 aromatic rings. The highest BCUT2D eigenvalue weighted by molar-refractivity contribution is 7.92. The van der Waals surface area contributed by atoms with Crippen molar-refractivity contribution in [3.63, 3.8) is 0 Å². The summed E-state index contributed by atoms with van der Waals surface area (Å²) < 4.78 is 36.8. The van der Waals surface area contributed by atoms with Crippen LogP contribution in [0.1, 0.15) is 17.3 Å². The first-order valence-electron chi connectivity index (χ1n) is 9.50. The van der Waals surface area contributed by atoms with Gasteiger partial charge in [-0.05, 0) is 30.2 Å². The molecule has 0 radical (unpaired) electrons. The molecular formula is C21H27N3O5S. The second-order valence-corrected chi connectivity index (χ2v) is 9.27. The molecule has 1 aliphatic heterocycles. The maximum atomic E-state index is 13.6. The van der Waals surface area contributed by atoms with E-state index in [1.165, 1.54) is 20.3 Å². The van der Waals surface area contributed by atoms with Crippen LogP contribution in [0.5, 0.6) is 11.5 Å².